The summed E-state index contributed by atoms with van der Waals surface area (Å²) < 4.78 is 10.9. The number of hydrogen-bond acceptors (Lipinski definition) is 4. The summed E-state index contributed by atoms with van der Waals surface area (Å²) in [6.45, 7) is 2.06. The molecular weight excluding hydrogens is 232 g/mol. The molecule has 2 fully saturated rings. The second-order valence-corrected chi connectivity index (χ2v) is 5.20. The van der Waals surface area contributed by atoms with E-state index in [2.05, 4.69) is 0 Å². The first kappa shape index (κ1) is 13.8. The van der Waals surface area contributed by atoms with E-state index in [0.29, 0.717) is 13.0 Å². The van der Waals surface area contributed by atoms with Crippen LogP contribution in [0.25, 0.3) is 0 Å². The Morgan fingerprint density at radius 1 is 1.50 bits per heavy atom. The van der Waals surface area contributed by atoms with E-state index >= 15 is 0 Å². The van der Waals surface area contributed by atoms with Crippen molar-refractivity contribution in [1.82, 2.24) is 4.90 Å². The van der Waals surface area contributed by atoms with Gasteiger partial charge in [-0.15, -0.1) is 0 Å². The van der Waals surface area contributed by atoms with E-state index in [4.69, 9.17) is 15.2 Å². The predicted molar refractivity (Wildman–Crippen MR) is 68.2 cm³/mol. The van der Waals surface area contributed by atoms with Gasteiger partial charge in [-0.1, -0.05) is 0 Å². The van der Waals surface area contributed by atoms with E-state index in [1.54, 1.807) is 7.11 Å². The average Bonchev–Trinajstić information content (AvgIpc) is 2.90. The fourth-order valence-electron chi connectivity index (χ4n) is 2.90. The number of ether oxygens (including phenoxy) is 2. The number of rotatable bonds is 4. The lowest BCUT2D eigenvalue weighted by Crippen LogP contribution is -2.51. The molecule has 2 aliphatic heterocycles. The number of amides is 1. The van der Waals surface area contributed by atoms with Crippen LogP contribution in [0.15, 0.2) is 0 Å². The lowest BCUT2D eigenvalue weighted by Gasteiger charge is -2.38. The van der Waals surface area contributed by atoms with Crippen LogP contribution in [0.4, 0.5) is 0 Å². The van der Waals surface area contributed by atoms with Crippen molar-refractivity contribution in [1.29, 1.82) is 0 Å². The molecular formula is C13H24N2O3. The third kappa shape index (κ3) is 3.22. The molecule has 0 spiro atoms. The van der Waals surface area contributed by atoms with Gasteiger partial charge in [0.05, 0.1) is 18.6 Å². The number of methoxy groups -OCH3 is 1. The third-order valence-electron chi connectivity index (χ3n) is 4.02. The Morgan fingerprint density at radius 2 is 2.33 bits per heavy atom. The minimum Gasteiger partial charge on any atom is -0.381 e. The van der Waals surface area contributed by atoms with Gasteiger partial charge >= 0.3 is 0 Å². The van der Waals surface area contributed by atoms with Crippen molar-refractivity contribution in [2.24, 2.45) is 5.73 Å². The van der Waals surface area contributed by atoms with Gasteiger partial charge in [0, 0.05) is 32.8 Å². The number of nitrogens with two attached hydrogens (primary N) is 1. The van der Waals surface area contributed by atoms with Gasteiger partial charge in [0.1, 0.15) is 0 Å². The molecule has 0 bridgehead atoms. The molecule has 0 aromatic rings. The van der Waals surface area contributed by atoms with Crippen LogP contribution in [0, 0.1) is 0 Å². The van der Waals surface area contributed by atoms with Gasteiger partial charge in [-0.25, -0.2) is 0 Å². The fraction of sp³-hybridized carbons (Fsp3) is 0.923. The first-order valence-corrected chi connectivity index (χ1v) is 6.88. The summed E-state index contributed by atoms with van der Waals surface area (Å²) in [7, 11) is 1.72. The quantitative estimate of drug-likeness (QED) is 0.796. The predicted octanol–water partition coefficient (Wildman–Crippen LogP) is 0.520. The van der Waals surface area contributed by atoms with Crippen LogP contribution in [0.5, 0.6) is 0 Å². The molecule has 5 heteroatoms. The minimum atomic E-state index is 0.121. The first-order valence-electron chi connectivity index (χ1n) is 6.88. The monoisotopic (exact) mass is 256 g/mol. The normalized spacial score (nSPS) is 32.8. The van der Waals surface area contributed by atoms with Crippen LogP contribution >= 0.6 is 0 Å². The molecule has 0 radical (unpaired) electrons. The molecule has 1 amide bonds. The highest BCUT2D eigenvalue weighted by molar-refractivity contribution is 5.77. The van der Waals surface area contributed by atoms with Gasteiger partial charge in [0.2, 0.25) is 5.91 Å². The molecule has 0 aliphatic carbocycles. The van der Waals surface area contributed by atoms with Crippen molar-refractivity contribution in [3.05, 3.63) is 0 Å². The zero-order valence-electron chi connectivity index (χ0n) is 11.1. The number of nitrogens with zero attached hydrogens (tertiary/aromatic N) is 1. The molecule has 18 heavy (non-hydrogen) atoms. The second kappa shape index (κ2) is 6.50. The second-order valence-electron chi connectivity index (χ2n) is 5.20. The highest BCUT2D eigenvalue weighted by Gasteiger charge is 2.32. The average molecular weight is 256 g/mol. The molecule has 104 valence electrons. The molecule has 0 aromatic heterocycles. The molecule has 3 unspecified atom stereocenters. The zero-order valence-corrected chi connectivity index (χ0v) is 11.1. The summed E-state index contributed by atoms with van der Waals surface area (Å²) in [6.07, 6.45) is 4.71. The molecule has 2 aliphatic rings. The minimum absolute atomic E-state index is 0.121. The SMILES string of the molecule is COC1CCN(C(=O)CC2CCCO2)C(CN)C1. The summed E-state index contributed by atoms with van der Waals surface area (Å²) >= 11 is 0. The van der Waals surface area contributed by atoms with Crippen LogP contribution in [-0.4, -0.2) is 55.9 Å². The molecule has 2 heterocycles. The molecule has 5 nitrogen and oxygen atoms in total. The molecule has 2 rings (SSSR count). The van der Waals surface area contributed by atoms with Crippen molar-refractivity contribution < 1.29 is 14.3 Å². The van der Waals surface area contributed by atoms with E-state index in [0.717, 1.165) is 38.8 Å². The van der Waals surface area contributed by atoms with E-state index in [1.165, 1.54) is 0 Å². The van der Waals surface area contributed by atoms with Crippen molar-refractivity contribution in [3.8, 4) is 0 Å². The van der Waals surface area contributed by atoms with Crippen molar-refractivity contribution >= 4 is 5.91 Å². The lowest BCUT2D eigenvalue weighted by molar-refractivity contribution is -0.139. The zero-order chi connectivity index (χ0) is 13.0. The van der Waals surface area contributed by atoms with E-state index in [1.807, 2.05) is 4.90 Å². The van der Waals surface area contributed by atoms with Gasteiger partial charge in [0.25, 0.3) is 0 Å². The van der Waals surface area contributed by atoms with Gasteiger partial charge in [0.15, 0.2) is 0 Å². The number of carbonyl (C=O) groups excluding carboxylic acids is 1. The standard InChI is InChI=1S/C13H24N2O3/c1-17-11-4-5-15(10(7-11)9-14)13(16)8-12-3-2-6-18-12/h10-12H,2-9,14H2,1H3. The van der Waals surface area contributed by atoms with Crippen molar-refractivity contribution in [3.63, 3.8) is 0 Å². The number of hydrogen-bond donors (Lipinski definition) is 1. The lowest BCUT2D eigenvalue weighted by atomic mass is 9.98. The maximum Gasteiger partial charge on any atom is 0.225 e. The molecule has 2 saturated heterocycles. The maximum absolute atomic E-state index is 12.3. The summed E-state index contributed by atoms with van der Waals surface area (Å²) in [5.41, 5.74) is 5.78. The summed E-state index contributed by atoms with van der Waals surface area (Å²) in [5, 5.41) is 0. The Balaban J connectivity index is 1.87. The Bertz CT molecular complexity index is 279. The fourth-order valence-corrected chi connectivity index (χ4v) is 2.90. The summed E-state index contributed by atoms with van der Waals surface area (Å²) in [5.74, 6) is 0.187. The van der Waals surface area contributed by atoms with Crippen LogP contribution in [-0.2, 0) is 14.3 Å². The van der Waals surface area contributed by atoms with Crippen LogP contribution in [0.1, 0.15) is 32.1 Å². The number of piperidine rings is 1. The van der Waals surface area contributed by atoms with Crippen molar-refractivity contribution in [2.75, 3.05) is 26.8 Å². The van der Waals surface area contributed by atoms with Crippen LogP contribution < -0.4 is 5.73 Å². The highest BCUT2D eigenvalue weighted by Crippen LogP contribution is 2.22. The van der Waals surface area contributed by atoms with Gasteiger partial charge in [-0.3, -0.25) is 4.79 Å². The maximum atomic E-state index is 12.3. The molecule has 2 N–H and O–H groups in total. The number of likely N-dealkylation sites (tertiary alicyclic amines) is 1. The topological polar surface area (TPSA) is 64.8 Å². The summed E-state index contributed by atoms with van der Waals surface area (Å²) in [6, 6.07) is 0.123. The smallest absolute Gasteiger partial charge is 0.225 e. The van der Waals surface area contributed by atoms with E-state index < -0.39 is 0 Å². The van der Waals surface area contributed by atoms with E-state index in [-0.39, 0.29) is 24.2 Å². The Hall–Kier alpha value is -0.650. The highest BCUT2D eigenvalue weighted by atomic mass is 16.5. The Kier molecular flexibility index (Phi) is 4.97. The summed E-state index contributed by atoms with van der Waals surface area (Å²) in [4.78, 5) is 14.2. The van der Waals surface area contributed by atoms with E-state index in [9.17, 15) is 4.79 Å². The largest absolute Gasteiger partial charge is 0.381 e. The Morgan fingerprint density at radius 3 is 2.94 bits per heavy atom. The third-order valence-corrected chi connectivity index (χ3v) is 4.02. The van der Waals surface area contributed by atoms with Gasteiger partial charge < -0.3 is 20.1 Å². The van der Waals surface area contributed by atoms with Crippen LogP contribution in [0.2, 0.25) is 0 Å². The van der Waals surface area contributed by atoms with Crippen molar-refractivity contribution in [2.45, 2.75) is 50.4 Å². The molecule has 0 aromatic carbocycles. The first-order chi connectivity index (χ1) is 8.74. The van der Waals surface area contributed by atoms with Gasteiger partial charge in [-0.05, 0) is 25.7 Å². The van der Waals surface area contributed by atoms with Crippen LogP contribution in [0.3, 0.4) is 0 Å². The van der Waals surface area contributed by atoms with Gasteiger partial charge in [-0.2, -0.15) is 0 Å². The molecule has 3 atom stereocenters. The Labute approximate surface area is 109 Å². The number of carbonyl (C=O) groups is 1. The molecule has 0 saturated carbocycles.